The molecule has 0 rings (SSSR count). The van der Waals surface area contributed by atoms with Gasteiger partial charge in [0.1, 0.15) is 5.60 Å². The number of alkyl halides is 1. The number of carbonyl (C=O) groups is 1. The first-order valence-corrected chi connectivity index (χ1v) is 6.73. The van der Waals surface area contributed by atoms with Crippen LogP contribution in [0.2, 0.25) is 0 Å². The molecule has 3 heteroatoms. The molecule has 17 heavy (non-hydrogen) atoms. The van der Waals surface area contributed by atoms with E-state index in [1.807, 2.05) is 20.8 Å². The number of carbonyl (C=O) groups excluding carboxylic acids is 1. The zero-order chi connectivity index (χ0) is 13.1. The lowest BCUT2D eigenvalue weighted by Gasteiger charge is -2.19. The topological polar surface area (TPSA) is 26.3 Å². The summed E-state index contributed by atoms with van der Waals surface area (Å²) in [6, 6.07) is 0. The maximum absolute atomic E-state index is 11.8. The number of hydrogen-bond acceptors (Lipinski definition) is 2. The molecule has 0 radical (unpaired) electrons. The predicted octanol–water partition coefficient (Wildman–Crippen LogP) is 4.42. The number of unbranched alkanes of at least 4 members (excludes halogenated alkanes) is 6. The second-order valence-corrected chi connectivity index (χ2v) is 5.50. The lowest BCUT2D eigenvalue weighted by molar-refractivity contribution is -0.154. The zero-order valence-corrected chi connectivity index (χ0v) is 11.6. The maximum atomic E-state index is 11.8. The van der Waals surface area contributed by atoms with Crippen LogP contribution in [0.5, 0.6) is 0 Å². The molecule has 0 atom stereocenters. The van der Waals surface area contributed by atoms with Crippen LogP contribution in [0.15, 0.2) is 0 Å². The van der Waals surface area contributed by atoms with E-state index in [9.17, 15) is 9.18 Å². The minimum atomic E-state index is -0.372. The highest BCUT2D eigenvalue weighted by atomic mass is 19.1. The van der Waals surface area contributed by atoms with Crippen molar-refractivity contribution in [3.63, 3.8) is 0 Å². The molecule has 0 saturated carbocycles. The van der Waals surface area contributed by atoms with E-state index in [4.69, 9.17) is 4.74 Å². The largest absolute Gasteiger partial charge is 0.460 e. The van der Waals surface area contributed by atoms with E-state index in [1.54, 1.807) is 0 Å². The summed E-state index contributed by atoms with van der Waals surface area (Å²) in [5.41, 5.74) is -0.372. The van der Waals surface area contributed by atoms with Gasteiger partial charge in [0, 0.05) is 6.42 Å². The molecule has 0 bridgehead atoms. The fourth-order valence-electron chi connectivity index (χ4n) is 1.64. The summed E-state index contributed by atoms with van der Waals surface area (Å²) in [7, 11) is 0. The molecule has 0 aliphatic heterocycles. The number of halogens is 1. The van der Waals surface area contributed by atoms with Crippen LogP contribution in [-0.2, 0) is 9.53 Å². The van der Waals surface area contributed by atoms with Gasteiger partial charge in [-0.1, -0.05) is 32.1 Å². The first-order chi connectivity index (χ1) is 7.95. The highest BCUT2D eigenvalue weighted by Crippen LogP contribution is 2.12. The van der Waals surface area contributed by atoms with Crippen LogP contribution in [0.4, 0.5) is 4.39 Å². The minimum absolute atomic E-state index is 0.102. The Balaban J connectivity index is 3.25. The molecule has 0 aliphatic carbocycles. The normalized spacial score (nSPS) is 11.5. The fraction of sp³-hybridized carbons (Fsp3) is 0.929. The zero-order valence-electron chi connectivity index (χ0n) is 11.6. The van der Waals surface area contributed by atoms with Crippen LogP contribution in [-0.4, -0.2) is 18.2 Å². The Bertz CT molecular complexity index is 197. The molecule has 0 heterocycles. The van der Waals surface area contributed by atoms with Gasteiger partial charge in [-0.3, -0.25) is 9.18 Å². The summed E-state index contributed by atoms with van der Waals surface area (Å²) >= 11 is 0. The van der Waals surface area contributed by atoms with E-state index in [1.165, 1.54) is 0 Å². The van der Waals surface area contributed by atoms with Crippen molar-refractivity contribution in [3.8, 4) is 0 Å². The van der Waals surface area contributed by atoms with Gasteiger partial charge in [-0.2, -0.15) is 0 Å². The highest BCUT2D eigenvalue weighted by Gasteiger charge is 2.15. The van der Waals surface area contributed by atoms with E-state index in [2.05, 4.69) is 0 Å². The average molecular weight is 246 g/mol. The van der Waals surface area contributed by atoms with Gasteiger partial charge in [0.15, 0.2) is 0 Å². The Morgan fingerprint density at radius 2 is 1.41 bits per heavy atom. The molecule has 0 saturated heterocycles. The van der Waals surface area contributed by atoms with Gasteiger partial charge < -0.3 is 4.74 Å². The molecule has 0 aromatic rings. The summed E-state index contributed by atoms with van der Waals surface area (Å²) in [6.45, 7) is 5.46. The molecule has 0 unspecified atom stereocenters. The summed E-state index contributed by atoms with van der Waals surface area (Å²) in [6.07, 6.45) is 7.55. The number of hydrogen-bond donors (Lipinski definition) is 0. The monoisotopic (exact) mass is 246 g/mol. The Morgan fingerprint density at radius 1 is 0.941 bits per heavy atom. The summed E-state index contributed by atoms with van der Waals surface area (Å²) < 4.78 is 17.0. The molecule has 102 valence electrons. The summed E-state index contributed by atoms with van der Waals surface area (Å²) in [4.78, 5) is 11.4. The summed E-state index contributed by atoms with van der Waals surface area (Å²) in [5.74, 6) is -0.102. The van der Waals surface area contributed by atoms with Crippen LogP contribution < -0.4 is 0 Å². The van der Waals surface area contributed by atoms with Gasteiger partial charge >= 0.3 is 5.97 Å². The predicted molar refractivity (Wildman–Crippen MR) is 68.8 cm³/mol. The van der Waals surface area contributed by atoms with Crippen molar-refractivity contribution in [3.05, 3.63) is 0 Å². The van der Waals surface area contributed by atoms with Crippen molar-refractivity contribution >= 4 is 5.97 Å². The molecular formula is C14H27FO2. The van der Waals surface area contributed by atoms with E-state index < -0.39 is 0 Å². The van der Waals surface area contributed by atoms with E-state index in [0.29, 0.717) is 12.8 Å². The molecule has 0 fully saturated rings. The van der Waals surface area contributed by atoms with Gasteiger partial charge in [0.25, 0.3) is 0 Å². The van der Waals surface area contributed by atoms with Gasteiger partial charge in [0.2, 0.25) is 0 Å². The fourth-order valence-corrected chi connectivity index (χ4v) is 1.64. The lowest BCUT2D eigenvalue weighted by atomic mass is 10.1. The number of ether oxygens (including phenoxy) is 1. The van der Waals surface area contributed by atoms with Crippen LogP contribution in [0.1, 0.15) is 72.1 Å². The van der Waals surface area contributed by atoms with Crippen LogP contribution >= 0.6 is 0 Å². The van der Waals surface area contributed by atoms with Crippen LogP contribution in [0.25, 0.3) is 0 Å². The molecule has 0 spiro atoms. The van der Waals surface area contributed by atoms with Crippen molar-refractivity contribution < 1.29 is 13.9 Å². The number of esters is 1. The third-order valence-corrected chi connectivity index (χ3v) is 2.43. The molecule has 0 aromatic carbocycles. The maximum Gasteiger partial charge on any atom is 0.306 e. The molecule has 0 aliphatic rings. The Labute approximate surface area is 105 Å². The van der Waals surface area contributed by atoms with E-state index in [0.717, 1.165) is 38.5 Å². The molecule has 0 amide bonds. The van der Waals surface area contributed by atoms with Crippen molar-refractivity contribution in [2.45, 2.75) is 77.7 Å². The SMILES string of the molecule is CC(C)(C)OC(=O)CCCCCCCCCF. The second kappa shape index (κ2) is 9.43. The third-order valence-electron chi connectivity index (χ3n) is 2.43. The highest BCUT2D eigenvalue weighted by molar-refractivity contribution is 5.69. The van der Waals surface area contributed by atoms with Gasteiger partial charge in [-0.15, -0.1) is 0 Å². The Kier molecular flexibility index (Phi) is 9.10. The molecule has 0 aromatic heterocycles. The minimum Gasteiger partial charge on any atom is -0.460 e. The number of rotatable bonds is 9. The summed E-state index contributed by atoms with van der Waals surface area (Å²) in [5, 5.41) is 0. The first-order valence-electron chi connectivity index (χ1n) is 6.73. The third kappa shape index (κ3) is 13.3. The lowest BCUT2D eigenvalue weighted by Crippen LogP contribution is -2.23. The second-order valence-electron chi connectivity index (χ2n) is 5.50. The van der Waals surface area contributed by atoms with Gasteiger partial charge in [-0.05, 0) is 33.6 Å². The first kappa shape index (κ1) is 16.4. The van der Waals surface area contributed by atoms with Crippen LogP contribution in [0, 0.1) is 0 Å². The quantitative estimate of drug-likeness (QED) is 0.444. The standard InChI is InChI=1S/C14H27FO2/c1-14(2,3)17-13(16)11-9-7-5-4-6-8-10-12-15/h4-12H2,1-3H3. The van der Waals surface area contributed by atoms with Crippen molar-refractivity contribution in [1.82, 2.24) is 0 Å². The van der Waals surface area contributed by atoms with Crippen molar-refractivity contribution in [2.24, 2.45) is 0 Å². The van der Waals surface area contributed by atoms with Crippen molar-refractivity contribution in [1.29, 1.82) is 0 Å². The van der Waals surface area contributed by atoms with Gasteiger partial charge in [-0.25, -0.2) is 0 Å². The molecule has 2 nitrogen and oxygen atoms in total. The van der Waals surface area contributed by atoms with Crippen LogP contribution in [0.3, 0.4) is 0 Å². The average Bonchev–Trinajstić information content (AvgIpc) is 2.19. The van der Waals surface area contributed by atoms with Crippen molar-refractivity contribution in [2.75, 3.05) is 6.67 Å². The molecular weight excluding hydrogens is 219 g/mol. The Hall–Kier alpha value is -0.600. The van der Waals surface area contributed by atoms with E-state index >= 15 is 0 Å². The Morgan fingerprint density at radius 3 is 1.88 bits per heavy atom. The van der Waals surface area contributed by atoms with E-state index in [-0.39, 0.29) is 18.2 Å². The molecule has 0 N–H and O–H groups in total. The smallest absolute Gasteiger partial charge is 0.306 e. The van der Waals surface area contributed by atoms with Gasteiger partial charge in [0.05, 0.1) is 6.67 Å².